The summed E-state index contributed by atoms with van der Waals surface area (Å²) in [6.45, 7) is 2.59. The van der Waals surface area contributed by atoms with Crippen LogP contribution in [0.1, 0.15) is 30.1 Å². The number of rotatable bonds is 2. The number of piperidine rings is 1. The molecule has 1 aromatic heterocycles. The van der Waals surface area contributed by atoms with Gasteiger partial charge in [0.25, 0.3) is 5.91 Å². The van der Waals surface area contributed by atoms with Gasteiger partial charge in [0, 0.05) is 35.8 Å². The van der Waals surface area contributed by atoms with Crippen LogP contribution in [0.25, 0.3) is 10.9 Å². The molecule has 1 saturated heterocycles. The molecule has 1 unspecified atom stereocenters. The van der Waals surface area contributed by atoms with Gasteiger partial charge in [0.2, 0.25) is 0 Å². The number of fused-ring (bicyclic) bond motifs is 1. The zero-order valence-corrected chi connectivity index (χ0v) is 11.9. The summed E-state index contributed by atoms with van der Waals surface area (Å²) >= 11 is 0. The Morgan fingerprint density at radius 1 is 1.33 bits per heavy atom. The van der Waals surface area contributed by atoms with E-state index >= 15 is 0 Å². The number of hydrogen-bond acceptors (Lipinski definition) is 2. The summed E-state index contributed by atoms with van der Waals surface area (Å²) in [5, 5.41) is 10.2. The van der Waals surface area contributed by atoms with E-state index in [1.54, 1.807) is 24.1 Å². The number of likely N-dealkylation sites (tertiary alicyclic amines) is 1. The highest BCUT2D eigenvalue weighted by atomic mass is 16.4. The molecule has 110 valence electrons. The molecule has 1 aliphatic heterocycles. The first kappa shape index (κ1) is 13.7. The SMILES string of the molecule is CC1(C(=O)O)CCCN(C(=O)c2cccc3[nH]ccc23)C1. The zero-order chi connectivity index (χ0) is 15.0. The van der Waals surface area contributed by atoms with Gasteiger partial charge >= 0.3 is 5.97 Å². The Hall–Kier alpha value is -2.30. The molecule has 0 bridgehead atoms. The molecule has 2 heterocycles. The quantitative estimate of drug-likeness (QED) is 0.890. The lowest BCUT2D eigenvalue weighted by atomic mass is 9.82. The van der Waals surface area contributed by atoms with Crippen LogP contribution in [0.15, 0.2) is 30.5 Å². The molecule has 0 aliphatic carbocycles. The first-order chi connectivity index (χ1) is 10.0. The number of H-pyrrole nitrogens is 1. The van der Waals surface area contributed by atoms with Crippen LogP contribution in [-0.2, 0) is 4.79 Å². The van der Waals surface area contributed by atoms with Crippen molar-refractivity contribution < 1.29 is 14.7 Å². The highest BCUT2D eigenvalue weighted by Crippen LogP contribution is 2.31. The number of carboxylic acid groups (broad SMARTS) is 1. The third-order valence-electron chi connectivity index (χ3n) is 4.33. The van der Waals surface area contributed by atoms with Crippen LogP contribution < -0.4 is 0 Å². The maximum absolute atomic E-state index is 12.7. The molecule has 0 spiro atoms. The van der Waals surface area contributed by atoms with Crippen LogP contribution in [0.2, 0.25) is 0 Å². The number of aliphatic carboxylic acids is 1. The summed E-state index contributed by atoms with van der Waals surface area (Å²) in [6.07, 6.45) is 3.14. The minimum absolute atomic E-state index is 0.0904. The lowest BCUT2D eigenvalue weighted by molar-refractivity contribution is -0.150. The van der Waals surface area contributed by atoms with Crippen LogP contribution in [0.4, 0.5) is 0 Å². The first-order valence-corrected chi connectivity index (χ1v) is 7.10. The number of amides is 1. The van der Waals surface area contributed by atoms with Crippen molar-refractivity contribution in [3.8, 4) is 0 Å². The average Bonchev–Trinajstić information content (AvgIpc) is 2.94. The van der Waals surface area contributed by atoms with Gasteiger partial charge in [0.1, 0.15) is 0 Å². The van der Waals surface area contributed by atoms with Crippen molar-refractivity contribution in [1.29, 1.82) is 0 Å². The van der Waals surface area contributed by atoms with Gasteiger partial charge in [-0.25, -0.2) is 0 Å². The largest absolute Gasteiger partial charge is 0.481 e. The molecule has 1 aliphatic rings. The second kappa shape index (κ2) is 4.91. The maximum Gasteiger partial charge on any atom is 0.311 e. The molecular weight excluding hydrogens is 268 g/mol. The molecule has 1 amide bonds. The summed E-state index contributed by atoms with van der Waals surface area (Å²) in [7, 11) is 0. The number of benzene rings is 1. The third kappa shape index (κ3) is 2.28. The Balaban J connectivity index is 1.92. The molecule has 2 N–H and O–H groups in total. The fourth-order valence-electron chi connectivity index (χ4n) is 3.03. The van der Waals surface area contributed by atoms with Crippen molar-refractivity contribution >= 4 is 22.8 Å². The molecular formula is C16H18N2O3. The van der Waals surface area contributed by atoms with Crippen molar-refractivity contribution in [3.05, 3.63) is 36.0 Å². The highest BCUT2D eigenvalue weighted by molar-refractivity contribution is 6.06. The molecule has 5 nitrogen and oxygen atoms in total. The van der Waals surface area contributed by atoms with Gasteiger partial charge in [0.05, 0.1) is 5.41 Å². The van der Waals surface area contributed by atoms with Crippen molar-refractivity contribution in [2.24, 2.45) is 5.41 Å². The lowest BCUT2D eigenvalue weighted by Crippen LogP contribution is -2.48. The van der Waals surface area contributed by atoms with E-state index in [-0.39, 0.29) is 12.5 Å². The highest BCUT2D eigenvalue weighted by Gasteiger charge is 2.39. The fourth-order valence-corrected chi connectivity index (χ4v) is 3.03. The van der Waals surface area contributed by atoms with E-state index in [0.717, 1.165) is 17.3 Å². The van der Waals surface area contributed by atoms with E-state index in [1.807, 2.05) is 18.2 Å². The van der Waals surface area contributed by atoms with Crippen molar-refractivity contribution in [2.75, 3.05) is 13.1 Å². The number of nitrogens with one attached hydrogen (secondary N) is 1. The van der Waals surface area contributed by atoms with Crippen LogP contribution in [-0.4, -0.2) is 40.0 Å². The number of aromatic nitrogens is 1. The van der Waals surface area contributed by atoms with Gasteiger partial charge in [-0.15, -0.1) is 0 Å². The smallest absolute Gasteiger partial charge is 0.311 e. The Labute approximate surface area is 122 Å². The predicted octanol–water partition coefficient (Wildman–Crippen LogP) is 2.49. The summed E-state index contributed by atoms with van der Waals surface area (Å²) in [5.74, 6) is -0.924. The molecule has 0 saturated carbocycles. The van der Waals surface area contributed by atoms with Crippen LogP contribution in [0.3, 0.4) is 0 Å². The van der Waals surface area contributed by atoms with E-state index in [2.05, 4.69) is 4.98 Å². The fraction of sp³-hybridized carbons (Fsp3) is 0.375. The van der Waals surface area contributed by atoms with E-state index in [1.165, 1.54) is 0 Å². The van der Waals surface area contributed by atoms with Gasteiger partial charge in [-0.1, -0.05) is 6.07 Å². The standard InChI is InChI=1S/C16H18N2O3/c1-16(15(20)21)7-3-9-18(10-16)14(19)12-4-2-5-13-11(12)6-8-17-13/h2,4-6,8,17H,3,7,9-10H2,1H3,(H,20,21). The van der Waals surface area contributed by atoms with Crippen LogP contribution >= 0.6 is 0 Å². The number of hydrogen-bond donors (Lipinski definition) is 2. The molecule has 21 heavy (non-hydrogen) atoms. The predicted molar refractivity (Wildman–Crippen MR) is 79.2 cm³/mol. The van der Waals surface area contributed by atoms with E-state index < -0.39 is 11.4 Å². The number of nitrogens with zero attached hydrogens (tertiary/aromatic N) is 1. The maximum atomic E-state index is 12.7. The Morgan fingerprint density at radius 2 is 2.14 bits per heavy atom. The summed E-state index contributed by atoms with van der Waals surface area (Å²) in [6, 6.07) is 7.43. The Kier molecular flexibility index (Phi) is 3.20. The van der Waals surface area contributed by atoms with E-state index in [9.17, 15) is 14.7 Å². The van der Waals surface area contributed by atoms with Crippen molar-refractivity contribution in [2.45, 2.75) is 19.8 Å². The molecule has 1 aromatic carbocycles. The van der Waals surface area contributed by atoms with Crippen molar-refractivity contribution in [1.82, 2.24) is 9.88 Å². The minimum Gasteiger partial charge on any atom is -0.481 e. The summed E-state index contributed by atoms with van der Waals surface area (Å²) in [4.78, 5) is 28.9. The molecule has 3 rings (SSSR count). The minimum atomic E-state index is -0.847. The van der Waals surface area contributed by atoms with Gasteiger partial charge in [-0.2, -0.15) is 0 Å². The second-order valence-corrected chi connectivity index (χ2v) is 5.94. The molecule has 0 radical (unpaired) electrons. The van der Waals surface area contributed by atoms with E-state index in [0.29, 0.717) is 18.5 Å². The summed E-state index contributed by atoms with van der Waals surface area (Å²) < 4.78 is 0. The molecule has 1 fully saturated rings. The lowest BCUT2D eigenvalue weighted by Gasteiger charge is -2.37. The Bertz CT molecular complexity index is 706. The average molecular weight is 286 g/mol. The second-order valence-electron chi connectivity index (χ2n) is 5.94. The van der Waals surface area contributed by atoms with Gasteiger partial charge in [-0.05, 0) is 38.0 Å². The normalized spacial score (nSPS) is 22.4. The van der Waals surface area contributed by atoms with Crippen molar-refractivity contribution in [3.63, 3.8) is 0 Å². The van der Waals surface area contributed by atoms with Crippen LogP contribution in [0, 0.1) is 5.41 Å². The number of aromatic amines is 1. The topological polar surface area (TPSA) is 73.4 Å². The van der Waals surface area contributed by atoms with Gasteiger partial charge in [0.15, 0.2) is 0 Å². The monoisotopic (exact) mass is 286 g/mol. The number of carbonyl (C=O) groups is 2. The van der Waals surface area contributed by atoms with Gasteiger partial charge in [-0.3, -0.25) is 9.59 Å². The molecule has 1 atom stereocenters. The number of carbonyl (C=O) groups excluding carboxylic acids is 1. The third-order valence-corrected chi connectivity index (χ3v) is 4.33. The Morgan fingerprint density at radius 3 is 2.90 bits per heavy atom. The molecule has 2 aromatic rings. The first-order valence-electron chi connectivity index (χ1n) is 7.10. The summed E-state index contributed by atoms with van der Waals surface area (Å²) in [5.41, 5.74) is 0.696. The molecule has 5 heteroatoms. The van der Waals surface area contributed by atoms with E-state index in [4.69, 9.17) is 0 Å². The number of carboxylic acids is 1. The van der Waals surface area contributed by atoms with Crippen LogP contribution in [0.5, 0.6) is 0 Å². The van der Waals surface area contributed by atoms with Gasteiger partial charge < -0.3 is 15.0 Å². The zero-order valence-electron chi connectivity index (χ0n) is 11.9.